The molecule has 4 nitrogen and oxygen atoms in total. The van der Waals surface area contributed by atoms with E-state index < -0.39 is 0 Å². The zero-order valence-corrected chi connectivity index (χ0v) is 11.4. The minimum absolute atomic E-state index is 0.0174. The van der Waals surface area contributed by atoms with E-state index in [0.717, 1.165) is 30.9 Å². The van der Waals surface area contributed by atoms with Gasteiger partial charge in [0.2, 0.25) is 0 Å². The van der Waals surface area contributed by atoms with Crippen molar-refractivity contribution < 1.29 is 5.11 Å². The molecule has 0 spiro atoms. The molecule has 2 rings (SSSR count). The fraction of sp³-hybridized carbons (Fsp3) is 0.600. The summed E-state index contributed by atoms with van der Waals surface area (Å²) in [6.07, 6.45) is 5.77. The molecule has 0 atom stereocenters. The van der Waals surface area contributed by atoms with Crippen LogP contribution in [-0.4, -0.2) is 23.2 Å². The minimum Gasteiger partial charge on any atom is -0.396 e. The quantitative estimate of drug-likeness (QED) is 0.872. The second kappa shape index (κ2) is 6.03. The van der Waals surface area contributed by atoms with Crippen molar-refractivity contribution in [3.8, 4) is 6.07 Å². The van der Waals surface area contributed by atoms with Gasteiger partial charge in [-0.15, -0.1) is 0 Å². The summed E-state index contributed by atoms with van der Waals surface area (Å²) in [5.74, 6) is 0.731. The molecule has 1 fully saturated rings. The summed E-state index contributed by atoms with van der Waals surface area (Å²) >= 11 is 0. The van der Waals surface area contributed by atoms with Crippen LogP contribution in [0, 0.1) is 23.7 Å². The maximum absolute atomic E-state index is 9.66. The Balaban J connectivity index is 2.05. The first-order valence-corrected chi connectivity index (χ1v) is 6.91. The molecule has 1 saturated carbocycles. The lowest BCUT2D eigenvalue weighted by Gasteiger charge is -2.35. The molecule has 1 aliphatic rings. The number of nitrogens with zero attached hydrogens (tertiary/aromatic N) is 2. The molecule has 1 heterocycles. The van der Waals surface area contributed by atoms with E-state index in [1.165, 1.54) is 19.3 Å². The van der Waals surface area contributed by atoms with E-state index in [4.69, 9.17) is 5.26 Å². The predicted octanol–water partition coefficient (Wildman–Crippen LogP) is 2.62. The van der Waals surface area contributed by atoms with Crippen LogP contribution in [0.1, 0.15) is 43.4 Å². The van der Waals surface area contributed by atoms with E-state index in [0.29, 0.717) is 5.56 Å². The Morgan fingerprint density at radius 3 is 2.74 bits per heavy atom. The van der Waals surface area contributed by atoms with Crippen LogP contribution in [0.15, 0.2) is 12.1 Å². The predicted molar refractivity (Wildman–Crippen MR) is 74.8 cm³/mol. The molecule has 1 aromatic heterocycles. The van der Waals surface area contributed by atoms with Gasteiger partial charge in [0, 0.05) is 17.7 Å². The number of anilines is 1. The first kappa shape index (κ1) is 13.8. The van der Waals surface area contributed by atoms with Gasteiger partial charge in [0.05, 0.1) is 18.2 Å². The second-order valence-electron chi connectivity index (χ2n) is 5.57. The van der Waals surface area contributed by atoms with Gasteiger partial charge < -0.3 is 10.4 Å². The third kappa shape index (κ3) is 3.45. The van der Waals surface area contributed by atoms with Crippen molar-refractivity contribution in [1.82, 2.24) is 4.98 Å². The molecule has 0 bridgehead atoms. The summed E-state index contributed by atoms with van der Waals surface area (Å²) in [6.45, 7) is 2.83. The molecule has 1 aromatic rings. The minimum atomic E-state index is -0.0174. The molecule has 102 valence electrons. The second-order valence-corrected chi connectivity index (χ2v) is 5.57. The topological polar surface area (TPSA) is 68.9 Å². The highest BCUT2D eigenvalue weighted by Crippen LogP contribution is 2.35. The number of nitrogens with one attached hydrogen (secondary N) is 1. The SMILES string of the molecule is Cc1cc(C#N)cc(NCC2(CO)CCCCC2)n1. The number of hydrogen-bond acceptors (Lipinski definition) is 4. The van der Waals surface area contributed by atoms with Gasteiger partial charge in [-0.25, -0.2) is 4.98 Å². The fourth-order valence-corrected chi connectivity index (χ4v) is 2.79. The number of pyridine rings is 1. The Kier molecular flexibility index (Phi) is 4.39. The van der Waals surface area contributed by atoms with Gasteiger partial charge in [-0.2, -0.15) is 5.26 Å². The Hall–Kier alpha value is -1.60. The van der Waals surface area contributed by atoms with Gasteiger partial charge in [-0.05, 0) is 31.9 Å². The number of aliphatic hydroxyl groups excluding tert-OH is 1. The van der Waals surface area contributed by atoms with E-state index in [1.54, 1.807) is 12.1 Å². The van der Waals surface area contributed by atoms with Crippen molar-refractivity contribution in [2.24, 2.45) is 5.41 Å². The first-order valence-electron chi connectivity index (χ1n) is 6.91. The Morgan fingerprint density at radius 2 is 2.11 bits per heavy atom. The average molecular weight is 259 g/mol. The lowest BCUT2D eigenvalue weighted by Crippen LogP contribution is -2.35. The van der Waals surface area contributed by atoms with Crippen LogP contribution in [-0.2, 0) is 0 Å². The summed E-state index contributed by atoms with van der Waals surface area (Å²) in [6, 6.07) is 5.68. The molecule has 19 heavy (non-hydrogen) atoms. The van der Waals surface area contributed by atoms with E-state index in [-0.39, 0.29) is 12.0 Å². The van der Waals surface area contributed by atoms with Crippen LogP contribution in [0.25, 0.3) is 0 Å². The highest BCUT2D eigenvalue weighted by Gasteiger charge is 2.31. The molecular weight excluding hydrogens is 238 g/mol. The number of rotatable bonds is 4. The van der Waals surface area contributed by atoms with Crippen molar-refractivity contribution in [2.45, 2.75) is 39.0 Å². The summed E-state index contributed by atoms with van der Waals surface area (Å²) in [7, 11) is 0. The number of aromatic nitrogens is 1. The molecule has 0 aromatic carbocycles. The van der Waals surface area contributed by atoms with E-state index in [2.05, 4.69) is 16.4 Å². The van der Waals surface area contributed by atoms with Crippen LogP contribution in [0.2, 0.25) is 0 Å². The summed E-state index contributed by atoms with van der Waals surface area (Å²) in [5.41, 5.74) is 1.44. The number of hydrogen-bond donors (Lipinski definition) is 2. The molecule has 0 radical (unpaired) electrons. The molecule has 0 amide bonds. The largest absolute Gasteiger partial charge is 0.396 e. The van der Waals surface area contributed by atoms with E-state index in [9.17, 15) is 5.11 Å². The average Bonchev–Trinajstić information content (AvgIpc) is 2.45. The van der Waals surface area contributed by atoms with Crippen LogP contribution < -0.4 is 5.32 Å². The van der Waals surface area contributed by atoms with Crippen molar-refractivity contribution >= 4 is 5.82 Å². The molecule has 4 heteroatoms. The Labute approximate surface area is 114 Å². The third-order valence-electron chi connectivity index (χ3n) is 3.98. The Bertz CT molecular complexity index is 473. The van der Waals surface area contributed by atoms with E-state index in [1.807, 2.05) is 6.92 Å². The van der Waals surface area contributed by atoms with Crippen LogP contribution in [0.5, 0.6) is 0 Å². The van der Waals surface area contributed by atoms with Gasteiger partial charge in [0.1, 0.15) is 5.82 Å². The highest BCUT2D eigenvalue weighted by molar-refractivity contribution is 5.44. The number of nitriles is 1. The maximum atomic E-state index is 9.66. The van der Waals surface area contributed by atoms with Gasteiger partial charge in [0.15, 0.2) is 0 Å². The van der Waals surface area contributed by atoms with Crippen molar-refractivity contribution in [2.75, 3.05) is 18.5 Å². The number of aliphatic hydroxyl groups is 1. The van der Waals surface area contributed by atoms with Gasteiger partial charge >= 0.3 is 0 Å². The zero-order chi connectivity index (χ0) is 13.7. The normalized spacial score (nSPS) is 17.7. The zero-order valence-electron chi connectivity index (χ0n) is 11.4. The van der Waals surface area contributed by atoms with Crippen molar-refractivity contribution in [3.05, 3.63) is 23.4 Å². The van der Waals surface area contributed by atoms with Crippen LogP contribution in [0.4, 0.5) is 5.82 Å². The monoisotopic (exact) mass is 259 g/mol. The summed E-state index contributed by atoms with van der Waals surface area (Å²) in [5, 5.41) is 21.9. The molecule has 0 saturated heterocycles. The molecule has 2 N–H and O–H groups in total. The number of aryl methyl sites for hydroxylation is 1. The standard InChI is InChI=1S/C15H21N3O/c1-12-7-13(9-16)8-14(18-12)17-10-15(11-19)5-3-2-4-6-15/h7-8,19H,2-6,10-11H2,1H3,(H,17,18). The van der Waals surface area contributed by atoms with Crippen molar-refractivity contribution in [3.63, 3.8) is 0 Å². The first-order chi connectivity index (χ1) is 9.17. The van der Waals surface area contributed by atoms with Crippen LogP contribution >= 0.6 is 0 Å². The molecular formula is C15H21N3O. The third-order valence-corrected chi connectivity index (χ3v) is 3.98. The van der Waals surface area contributed by atoms with Crippen molar-refractivity contribution in [1.29, 1.82) is 5.26 Å². The van der Waals surface area contributed by atoms with E-state index >= 15 is 0 Å². The highest BCUT2D eigenvalue weighted by atomic mass is 16.3. The lowest BCUT2D eigenvalue weighted by molar-refractivity contribution is 0.0943. The maximum Gasteiger partial charge on any atom is 0.127 e. The Morgan fingerprint density at radius 1 is 1.37 bits per heavy atom. The molecule has 0 unspecified atom stereocenters. The van der Waals surface area contributed by atoms with Crippen LogP contribution in [0.3, 0.4) is 0 Å². The molecule has 1 aliphatic carbocycles. The summed E-state index contributed by atoms with van der Waals surface area (Å²) in [4.78, 5) is 4.39. The lowest BCUT2D eigenvalue weighted by atomic mass is 9.74. The smallest absolute Gasteiger partial charge is 0.127 e. The molecule has 0 aliphatic heterocycles. The summed E-state index contributed by atoms with van der Waals surface area (Å²) < 4.78 is 0. The van der Waals surface area contributed by atoms with Gasteiger partial charge in [-0.1, -0.05) is 19.3 Å². The van der Waals surface area contributed by atoms with Gasteiger partial charge in [-0.3, -0.25) is 0 Å². The van der Waals surface area contributed by atoms with Gasteiger partial charge in [0.25, 0.3) is 0 Å². The fourth-order valence-electron chi connectivity index (χ4n) is 2.79.